The Bertz CT molecular complexity index is 1520. The first-order valence-corrected chi connectivity index (χ1v) is 19.4. The van der Waals surface area contributed by atoms with Crippen molar-refractivity contribution < 1.29 is 42.1 Å². The molecule has 2 aliphatic rings. The summed E-state index contributed by atoms with van der Waals surface area (Å²) in [6, 6.07) is 21.6. The molecule has 8 N–H and O–H groups in total. The molecule has 0 saturated heterocycles. The van der Waals surface area contributed by atoms with E-state index >= 15 is 0 Å². The fraction of sp³-hybridized carbons (Fsp3) is 0.400. The van der Waals surface area contributed by atoms with Crippen molar-refractivity contribution in [3.63, 3.8) is 0 Å². The summed E-state index contributed by atoms with van der Waals surface area (Å²) in [4.78, 5) is 0. The van der Waals surface area contributed by atoms with Crippen LogP contribution in [0.1, 0.15) is 73.6 Å². The fourth-order valence-electron chi connectivity index (χ4n) is 6.99. The van der Waals surface area contributed by atoms with Gasteiger partial charge in [-0.2, -0.15) is 0 Å². The van der Waals surface area contributed by atoms with Crippen LogP contribution >= 0.6 is 46.4 Å². The van der Waals surface area contributed by atoms with Gasteiger partial charge in [0.25, 0.3) is 0 Å². The minimum atomic E-state index is 0. The van der Waals surface area contributed by atoms with Crippen LogP contribution in [0.4, 0.5) is 0 Å². The van der Waals surface area contributed by atoms with E-state index in [1.807, 2.05) is 0 Å². The Hall–Kier alpha value is -2.21. The van der Waals surface area contributed by atoms with Crippen LogP contribution in [0.25, 0.3) is 0 Å². The van der Waals surface area contributed by atoms with Crippen LogP contribution < -0.4 is 21.3 Å². The molecule has 6 rings (SSSR count). The Balaban J connectivity index is 0.000000232. The molecule has 8 nitrogen and oxygen atoms in total. The fourth-order valence-corrected chi connectivity index (χ4v) is 7.76. The minimum Gasteiger partial charge on any atom is -0.508 e. The summed E-state index contributed by atoms with van der Waals surface area (Å²) in [5.74, 6) is 1.02. The van der Waals surface area contributed by atoms with Gasteiger partial charge in [-0.25, -0.2) is 0 Å². The quantitative estimate of drug-likeness (QED) is 0.0664. The molecule has 13 heteroatoms. The Morgan fingerprint density at radius 2 is 0.604 bits per heavy atom. The summed E-state index contributed by atoms with van der Waals surface area (Å²) in [7, 11) is 0. The Kier molecular flexibility index (Phi) is 17.9. The molecule has 0 bridgehead atoms. The number of nitrogens with one attached hydrogen (secondary N) is 4. The number of aromatic hydroxyl groups is 4. The molecule has 4 aromatic rings. The summed E-state index contributed by atoms with van der Waals surface area (Å²) in [6.07, 6.45) is 9.00. The van der Waals surface area contributed by atoms with E-state index in [-0.39, 0.29) is 44.7 Å². The van der Waals surface area contributed by atoms with Crippen molar-refractivity contribution in [2.24, 2.45) is 0 Å². The zero-order valence-electron chi connectivity index (χ0n) is 29.5. The van der Waals surface area contributed by atoms with Gasteiger partial charge in [0, 0.05) is 114 Å². The van der Waals surface area contributed by atoms with Gasteiger partial charge in [-0.1, -0.05) is 72.1 Å². The van der Waals surface area contributed by atoms with E-state index in [1.165, 1.54) is 25.7 Å². The van der Waals surface area contributed by atoms with Crippen molar-refractivity contribution in [3.8, 4) is 23.0 Å². The first-order valence-electron chi connectivity index (χ1n) is 17.9. The zero-order chi connectivity index (χ0) is 37.0. The molecular weight excluding hydrogens is 790 g/mol. The maximum absolute atomic E-state index is 9.98. The molecule has 0 aromatic heterocycles. The third kappa shape index (κ3) is 13.5. The maximum Gasteiger partial charge on any atom is 0.120 e. The van der Waals surface area contributed by atoms with Crippen molar-refractivity contribution >= 4 is 46.4 Å². The molecule has 4 aromatic carbocycles. The van der Waals surface area contributed by atoms with Crippen LogP contribution in [-0.4, -0.2) is 44.6 Å². The van der Waals surface area contributed by atoms with Gasteiger partial charge < -0.3 is 41.7 Å². The van der Waals surface area contributed by atoms with E-state index in [9.17, 15) is 20.4 Å². The molecule has 0 radical (unpaired) electrons. The van der Waals surface area contributed by atoms with Gasteiger partial charge in [-0.3, -0.25) is 0 Å². The second-order valence-electron chi connectivity index (χ2n) is 13.6. The molecule has 2 fully saturated rings. The van der Waals surface area contributed by atoms with Crippen LogP contribution in [0.5, 0.6) is 23.0 Å². The molecule has 2 saturated carbocycles. The Morgan fingerprint density at radius 1 is 0.396 bits per heavy atom. The molecule has 53 heavy (non-hydrogen) atoms. The third-order valence-electron chi connectivity index (χ3n) is 9.92. The molecule has 2 aliphatic carbocycles. The van der Waals surface area contributed by atoms with E-state index in [2.05, 4.69) is 21.3 Å². The van der Waals surface area contributed by atoms with Crippen molar-refractivity contribution in [1.29, 1.82) is 0 Å². The molecule has 0 aliphatic heterocycles. The van der Waals surface area contributed by atoms with Gasteiger partial charge in [-0.15, -0.1) is 0 Å². The van der Waals surface area contributed by atoms with Crippen LogP contribution in [0, 0.1) is 0 Å². The van der Waals surface area contributed by atoms with Crippen LogP contribution in [-0.2, 0) is 47.9 Å². The molecule has 284 valence electrons. The number of phenolic OH excluding ortho intramolecular Hbond substituents is 4. The summed E-state index contributed by atoms with van der Waals surface area (Å²) in [5, 5.41) is 56.6. The predicted molar refractivity (Wildman–Crippen MR) is 212 cm³/mol. The number of rotatable bonds is 12. The largest absolute Gasteiger partial charge is 0.508 e. The number of benzene rings is 4. The Labute approximate surface area is 347 Å². The SMILES string of the molecule is Oc1ccc(Cl)cc1CN[C@@H]1CCCC[C@H]1NCc1cc(Cl)ccc1O.Oc1ccc(Cl)cc1CN[C@@H]1CCCC[C@H]1NCc1cc(Cl)ccc1O.[Ti]. The molecule has 0 amide bonds. The van der Waals surface area contributed by atoms with Crippen LogP contribution in [0.2, 0.25) is 20.1 Å². The number of halogens is 4. The van der Waals surface area contributed by atoms with E-state index in [4.69, 9.17) is 46.4 Å². The summed E-state index contributed by atoms with van der Waals surface area (Å²) < 4.78 is 0. The summed E-state index contributed by atoms with van der Waals surface area (Å²) >= 11 is 24.1. The van der Waals surface area contributed by atoms with E-state index in [0.717, 1.165) is 47.9 Å². The number of hydrogen-bond acceptors (Lipinski definition) is 8. The molecule has 0 unspecified atom stereocenters. The van der Waals surface area contributed by atoms with E-state index < -0.39 is 0 Å². The van der Waals surface area contributed by atoms with Gasteiger partial charge in [0.1, 0.15) is 23.0 Å². The number of hydrogen-bond donors (Lipinski definition) is 8. The second kappa shape index (κ2) is 21.8. The van der Waals surface area contributed by atoms with Crippen molar-refractivity contribution in [2.45, 2.75) is 102 Å². The van der Waals surface area contributed by atoms with E-state index in [1.54, 1.807) is 72.8 Å². The zero-order valence-corrected chi connectivity index (χ0v) is 34.1. The minimum absolute atomic E-state index is 0. The van der Waals surface area contributed by atoms with Gasteiger partial charge >= 0.3 is 0 Å². The average Bonchev–Trinajstić information content (AvgIpc) is 3.14. The van der Waals surface area contributed by atoms with Crippen molar-refractivity contribution in [1.82, 2.24) is 21.3 Å². The smallest absolute Gasteiger partial charge is 0.120 e. The molecule has 4 atom stereocenters. The van der Waals surface area contributed by atoms with Crippen LogP contribution in [0.3, 0.4) is 0 Å². The average molecular weight is 839 g/mol. The van der Waals surface area contributed by atoms with E-state index in [0.29, 0.717) is 70.4 Å². The summed E-state index contributed by atoms with van der Waals surface area (Å²) in [5.41, 5.74) is 3.20. The molecule has 0 spiro atoms. The van der Waals surface area contributed by atoms with Crippen LogP contribution in [0.15, 0.2) is 72.8 Å². The van der Waals surface area contributed by atoms with Gasteiger partial charge in [0.2, 0.25) is 0 Å². The second-order valence-corrected chi connectivity index (χ2v) is 15.4. The monoisotopic (exact) mass is 836 g/mol. The molecular formula is C40H48Cl4N4O4Ti. The van der Waals surface area contributed by atoms with Gasteiger partial charge in [0.15, 0.2) is 0 Å². The van der Waals surface area contributed by atoms with Gasteiger partial charge in [0.05, 0.1) is 0 Å². The first kappa shape index (κ1) is 43.5. The molecule has 0 heterocycles. The standard InChI is InChI=1S/2C20H24Cl2N2O2.Ti/c2*21-15-5-7-19(25)13(9-15)11-23-17-3-1-2-4-18(17)24-12-14-10-16(22)6-8-20(14)26;/h2*5-10,17-18,23-26H,1-4,11-12H2;/t2*17-,18-;/m11./s1. The van der Waals surface area contributed by atoms with Gasteiger partial charge in [-0.05, 0) is 98.5 Å². The normalized spacial score (nSPS) is 19.8. The number of phenols is 4. The predicted octanol–water partition coefficient (Wildman–Crippen LogP) is 9.19. The van der Waals surface area contributed by atoms with Crippen molar-refractivity contribution in [2.75, 3.05) is 0 Å². The maximum atomic E-state index is 9.98. The third-order valence-corrected chi connectivity index (χ3v) is 10.9. The first-order chi connectivity index (χ1) is 25.0. The van der Waals surface area contributed by atoms with Crippen molar-refractivity contribution in [3.05, 3.63) is 115 Å². The topological polar surface area (TPSA) is 129 Å². The Morgan fingerprint density at radius 3 is 0.811 bits per heavy atom. The summed E-state index contributed by atoms with van der Waals surface area (Å²) in [6.45, 7) is 2.27.